The molecule has 1 amide bonds. The lowest BCUT2D eigenvalue weighted by molar-refractivity contribution is 0.0640. The maximum atomic E-state index is 13.5. The first-order chi connectivity index (χ1) is 16.3. The van der Waals surface area contributed by atoms with Gasteiger partial charge < -0.3 is 24.7 Å². The summed E-state index contributed by atoms with van der Waals surface area (Å²) < 4.78 is 55.9. The number of fused-ring (bicyclic) bond motifs is 1. The summed E-state index contributed by atoms with van der Waals surface area (Å²) in [5, 5.41) is 10.0. The smallest absolute Gasteiger partial charge is 0.412 e. The summed E-state index contributed by atoms with van der Waals surface area (Å²) in [5.41, 5.74) is 5.23. The largest absolute Gasteiger partial charge is 0.489 e. The molecule has 0 fully saturated rings. The van der Waals surface area contributed by atoms with Crippen molar-refractivity contribution >= 4 is 38.7 Å². The van der Waals surface area contributed by atoms with Crippen LogP contribution in [-0.4, -0.2) is 50.6 Å². The fourth-order valence-electron chi connectivity index (χ4n) is 3.46. The van der Waals surface area contributed by atoms with Gasteiger partial charge in [-0.3, -0.25) is 4.31 Å². The van der Waals surface area contributed by atoms with E-state index in [0.29, 0.717) is 0 Å². The van der Waals surface area contributed by atoms with E-state index >= 15 is 0 Å². The lowest BCUT2D eigenvalue weighted by atomic mass is 10.0. The van der Waals surface area contributed by atoms with Crippen LogP contribution in [0.25, 0.3) is 22.3 Å². The quantitative estimate of drug-likeness (QED) is 0.347. The lowest BCUT2D eigenvalue weighted by Crippen LogP contribution is -2.36. The Morgan fingerprint density at radius 1 is 1.17 bits per heavy atom. The number of benzene rings is 2. The molecule has 0 radical (unpaired) electrons. The van der Waals surface area contributed by atoms with E-state index in [1.807, 2.05) is 0 Å². The number of carbonyl (C=O) groups is 2. The van der Waals surface area contributed by atoms with Crippen molar-refractivity contribution in [1.82, 2.24) is 0 Å². The van der Waals surface area contributed by atoms with E-state index in [1.54, 1.807) is 13.8 Å². The molecule has 3 N–H and O–H groups in total. The van der Waals surface area contributed by atoms with Gasteiger partial charge in [0, 0.05) is 17.0 Å². The molecule has 2 aromatic carbocycles. The van der Waals surface area contributed by atoms with Crippen LogP contribution >= 0.6 is 0 Å². The Morgan fingerprint density at radius 2 is 1.80 bits per heavy atom. The van der Waals surface area contributed by atoms with Gasteiger partial charge in [0.2, 0.25) is 10.0 Å². The molecular formula is C23H25FN2O8S. The zero-order valence-electron chi connectivity index (χ0n) is 19.4. The summed E-state index contributed by atoms with van der Waals surface area (Å²) in [7, 11) is -3.88. The molecule has 1 aromatic heterocycles. The number of aliphatic hydroxyl groups is 1. The average molecular weight is 509 g/mol. The Bertz CT molecular complexity index is 1360. The van der Waals surface area contributed by atoms with Crippen LogP contribution in [0.3, 0.4) is 0 Å². The Labute approximate surface area is 201 Å². The zero-order chi connectivity index (χ0) is 26.1. The molecule has 1 unspecified atom stereocenters. The number of aliphatic hydroxyl groups excluding tert-OH is 1. The van der Waals surface area contributed by atoms with Gasteiger partial charge in [0.1, 0.15) is 28.5 Å². The predicted molar refractivity (Wildman–Crippen MR) is 126 cm³/mol. The molecule has 1 heterocycles. The van der Waals surface area contributed by atoms with E-state index in [9.17, 15) is 27.5 Å². The SMILES string of the molecule is CC(O)CN(c1cc2oc(-c3ccc(F)cc3)c(C(=O)OC(N)=O)c2cc1OC(C)C)S(C)(=O)=O. The van der Waals surface area contributed by atoms with Crippen LogP contribution in [0.4, 0.5) is 14.9 Å². The molecular weight excluding hydrogens is 483 g/mol. The van der Waals surface area contributed by atoms with Crippen LogP contribution in [0.15, 0.2) is 40.8 Å². The number of ether oxygens (including phenoxy) is 2. The predicted octanol–water partition coefficient (Wildman–Crippen LogP) is 3.41. The number of amides is 1. The minimum atomic E-state index is -3.88. The van der Waals surface area contributed by atoms with Crippen molar-refractivity contribution in [2.24, 2.45) is 5.73 Å². The first-order valence-electron chi connectivity index (χ1n) is 10.5. The number of carbonyl (C=O) groups excluding carboxylic acids is 2. The molecule has 0 bridgehead atoms. The molecule has 0 aliphatic rings. The van der Waals surface area contributed by atoms with Crippen molar-refractivity contribution in [3.8, 4) is 17.1 Å². The van der Waals surface area contributed by atoms with E-state index < -0.39 is 40.1 Å². The average Bonchev–Trinajstić information content (AvgIpc) is 3.08. The summed E-state index contributed by atoms with van der Waals surface area (Å²) in [6.07, 6.45) is -1.78. The van der Waals surface area contributed by atoms with E-state index in [4.69, 9.17) is 14.9 Å². The number of halogens is 1. The van der Waals surface area contributed by atoms with Gasteiger partial charge in [0.15, 0.2) is 0 Å². The maximum Gasteiger partial charge on any atom is 0.412 e. The van der Waals surface area contributed by atoms with Gasteiger partial charge in [0.25, 0.3) is 0 Å². The molecule has 12 heteroatoms. The van der Waals surface area contributed by atoms with Crippen molar-refractivity contribution in [2.45, 2.75) is 33.0 Å². The van der Waals surface area contributed by atoms with E-state index in [0.717, 1.165) is 22.7 Å². The molecule has 3 rings (SSSR count). The number of nitrogens with zero attached hydrogens (tertiary/aromatic N) is 1. The number of rotatable bonds is 8. The van der Waals surface area contributed by atoms with Crippen molar-refractivity contribution in [2.75, 3.05) is 17.1 Å². The number of nitrogens with two attached hydrogens (primary N) is 1. The second kappa shape index (κ2) is 9.92. The second-order valence-corrected chi connectivity index (χ2v) is 10.1. The third-order valence-corrected chi connectivity index (χ3v) is 5.88. The van der Waals surface area contributed by atoms with Crippen LogP contribution < -0.4 is 14.8 Å². The number of hydrogen-bond acceptors (Lipinski definition) is 8. The summed E-state index contributed by atoms with van der Waals surface area (Å²) in [4.78, 5) is 24.1. The third kappa shape index (κ3) is 5.89. The Kier molecular flexibility index (Phi) is 7.36. The molecule has 35 heavy (non-hydrogen) atoms. The molecule has 10 nitrogen and oxygen atoms in total. The number of hydrogen-bond donors (Lipinski definition) is 2. The van der Waals surface area contributed by atoms with Crippen molar-refractivity contribution in [3.05, 3.63) is 47.8 Å². The molecule has 0 saturated carbocycles. The van der Waals surface area contributed by atoms with Crippen LogP contribution in [0, 0.1) is 5.82 Å². The highest BCUT2D eigenvalue weighted by Crippen LogP contribution is 2.41. The second-order valence-electron chi connectivity index (χ2n) is 8.15. The molecule has 0 aliphatic carbocycles. The third-order valence-electron chi connectivity index (χ3n) is 4.74. The van der Waals surface area contributed by atoms with Gasteiger partial charge in [0.05, 0.1) is 30.7 Å². The zero-order valence-corrected chi connectivity index (χ0v) is 20.3. The number of primary amides is 1. The number of anilines is 1. The summed E-state index contributed by atoms with van der Waals surface area (Å²) in [5.74, 6) is -1.63. The molecule has 0 saturated heterocycles. The Hall–Kier alpha value is -3.64. The molecule has 0 aliphatic heterocycles. The van der Waals surface area contributed by atoms with Gasteiger partial charge in [-0.15, -0.1) is 0 Å². The maximum absolute atomic E-state index is 13.5. The van der Waals surface area contributed by atoms with Crippen LogP contribution in [0.1, 0.15) is 31.1 Å². The molecule has 0 spiro atoms. The first kappa shape index (κ1) is 26.0. The summed E-state index contributed by atoms with van der Waals surface area (Å²) in [6, 6.07) is 7.73. The Balaban J connectivity index is 2.37. The van der Waals surface area contributed by atoms with Crippen molar-refractivity contribution in [1.29, 1.82) is 0 Å². The van der Waals surface area contributed by atoms with Crippen LogP contribution in [-0.2, 0) is 14.8 Å². The van der Waals surface area contributed by atoms with E-state index in [1.165, 1.54) is 31.2 Å². The number of furan rings is 1. The Morgan fingerprint density at radius 3 is 2.31 bits per heavy atom. The van der Waals surface area contributed by atoms with Gasteiger partial charge in [-0.2, -0.15) is 0 Å². The molecule has 188 valence electrons. The highest BCUT2D eigenvalue weighted by molar-refractivity contribution is 7.92. The highest BCUT2D eigenvalue weighted by Gasteiger charge is 2.30. The first-order valence-corrected chi connectivity index (χ1v) is 12.3. The monoisotopic (exact) mass is 508 g/mol. The summed E-state index contributed by atoms with van der Waals surface area (Å²) in [6.45, 7) is 4.59. The van der Waals surface area contributed by atoms with Crippen molar-refractivity contribution < 1.29 is 41.4 Å². The molecule has 3 aromatic rings. The van der Waals surface area contributed by atoms with Gasteiger partial charge >= 0.3 is 12.1 Å². The minimum absolute atomic E-state index is 0.0473. The highest BCUT2D eigenvalue weighted by atomic mass is 32.2. The van der Waals surface area contributed by atoms with E-state index in [-0.39, 0.29) is 45.8 Å². The summed E-state index contributed by atoms with van der Waals surface area (Å²) >= 11 is 0. The molecule has 1 atom stereocenters. The van der Waals surface area contributed by atoms with Gasteiger partial charge in [-0.1, -0.05) is 0 Å². The standard InChI is InChI=1S/C23H25FN2O8S/c1-12(2)32-19-9-16-18(10-17(19)26(11-13(3)27)35(4,30)31)33-21(14-5-7-15(24)8-6-14)20(16)22(28)34-23(25)29/h5-10,12-13,27H,11H2,1-4H3,(H2,25,29). The van der Waals surface area contributed by atoms with Crippen molar-refractivity contribution in [3.63, 3.8) is 0 Å². The van der Waals surface area contributed by atoms with Gasteiger partial charge in [-0.25, -0.2) is 22.4 Å². The van der Waals surface area contributed by atoms with Crippen LogP contribution in [0.2, 0.25) is 0 Å². The fraction of sp³-hybridized carbons (Fsp3) is 0.304. The fourth-order valence-corrected chi connectivity index (χ4v) is 4.44. The van der Waals surface area contributed by atoms with Crippen LogP contribution in [0.5, 0.6) is 5.75 Å². The number of esters is 1. The van der Waals surface area contributed by atoms with E-state index in [2.05, 4.69) is 4.74 Å². The topological polar surface area (TPSA) is 149 Å². The minimum Gasteiger partial charge on any atom is -0.489 e. The lowest BCUT2D eigenvalue weighted by Gasteiger charge is -2.26. The number of sulfonamides is 1. The van der Waals surface area contributed by atoms with Gasteiger partial charge in [-0.05, 0) is 51.1 Å². The normalized spacial score (nSPS) is 12.5.